The first-order valence-electron chi connectivity index (χ1n) is 9.59. The van der Waals surface area contributed by atoms with Crippen LogP contribution < -0.4 is 10.6 Å². The van der Waals surface area contributed by atoms with Crippen molar-refractivity contribution in [3.63, 3.8) is 0 Å². The zero-order chi connectivity index (χ0) is 23.8. The summed E-state index contributed by atoms with van der Waals surface area (Å²) in [4.78, 5) is 48.7. The van der Waals surface area contributed by atoms with Crippen LogP contribution in [0.25, 0.3) is 0 Å². The Bertz CT molecular complexity index is 1110. The number of carboxylic acid groups (broad SMARTS) is 1. The molecule has 33 heavy (non-hydrogen) atoms. The second kappa shape index (κ2) is 9.15. The third-order valence-corrected chi connectivity index (χ3v) is 9.05. The fourth-order valence-electron chi connectivity index (χ4n) is 3.42. The van der Waals surface area contributed by atoms with E-state index in [9.17, 15) is 29.6 Å². The van der Waals surface area contributed by atoms with E-state index >= 15 is 0 Å². The maximum atomic E-state index is 12.7. The highest BCUT2D eigenvalue weighted by Crippen LogP contribution is 2.44. The number of aryl methyl sites for hydroxylation is 1. The first-order valence-corrected chi connectivity index (χ1v) is 12.4. The van der Waals surface area contributed by atoms with Crippen molar-refractivity contribution in [3.05, 3.63) is 39.4 Å². The van der Waals surface area contributed by atoms with Gasteiger partial charge in [0.2, 0.25) is 5.91 Å². The molecule has 12 nitrogen and oxygen atoms in total. The SMILES string of the molecule is Cc1nnc(SCC2(C(=O)O)CS[C@@H]3C(NC(=O)Nc4ccc([N+](=O)[O-])cc4)C(=O)N3C2)s1. The van der Waals surface area contributed by atoms with E-state index in [-0.39, 0.29) is 35.0 Å². The number of carbonyl (C=O) groups is 3. The third-order valence-electron chi connectivity index (χ3n) is 5.20. The number of hydrogen-bond donors (Lipinski definition) is 3. The molecule has 2 unspecified atom stereocenters. The Morgan fingerprint density at radius 2 is 2.09 bits per heavy atom. The van der Waals surface area contributed by atoms with E-state index in [0.717, 1.165) is 5.01 Å². The average Bonchev–Trinajstić information content (AvgIpc) is 3.21. The molecule has 0 bridgehead atoms. The van der Waals surface area contributed by atoms with Crippen molar-refractivity contribution in [3.8, 4) is 0 Å². The van der Waals surface area contributed by atoms with Crippen LogP contribution in [0.5, 0.6) is 0 Å². The normalized spacial score (nSPS) is 23.9. The summed E-state index contributed by atoms with van der Waals surface area (Å²) >= 11 is 4.01. The van der Waals surface area contributed by atoms with Crippen LogP contribution in [0.4, 0.5) is 16.2 Å². The molecule has 0 saturated carbocycles. The van der Waals surface area contributed by atoms with Gasteiger partial charge in [0.15, 0.2) is 4.34 Å². The van der Waals surface area contributed by atoms with E-state index in [1.807, 2.05) is 6.92 Å². The second-order valence-electron chi connectivity index (χ2n) is 7.51. The number of hydrogen-bond acceptors (Lipinski definition) is 10. The molecule has 2 fully saturated rings. The zero-order valence-corrected chi connectivity index (χ0v) is 19.5. The van der Waals surface area contributed by atoms with Gasteiger partial charge >= 0.3 is 12.0 Å². The van der Waals surface area contributed by atoms with Gasteiger partial charge < -0.3 is 20.6 Å². The number of nitro benzene ring substituents is 1. The number of nitro groups is 1. The molecule has 0 spiro atoms. The van der Waals surface area contributed by atoms with E-state index in [1.165, 1.54) is 64.0 Å². The molecule has 3 atom stereocenters. The molecule has 3 N–H and O–H groups in total. The van der Waals surface area contributed by atoms with Gasteiger partial charge in [0, 0.05) is 35.9 Å². The number of fused-ring (bicyclic) bond motifs is 1. The van der Waals surface area contributed by atoms with Gasteiger partial charge in [-0.1, -0.05) is 23.1 Å². The molecule has 2 aliphatic rings. The Balaban J connectivity index is 1.34. The van der Waals surface area contributed by atoms with Crippen molar-refractivity contribution in [2.75, 3.05) is 23.4 Å². The van der Waals surface area contributed by atoms with Crippen LogP contribution in [0.3, 0.4) is 0 Å². The lowest BCUT2D eigenvalue weighted by atomic mass is 9.89. The highest BCUT2D eigenvalue weighted by molar-refractivity contribution is 8.01. The minimum atomic E-state index is -1.13. The fourth-order valence-corrected chi connectivity index (χ4v) is 7.09. The van der Waals surface area contributed by atoms with E-state index in [2.05, 4.69) is 20.8 Å². The van der Waals surface area contributed by atoms with Crippen molar-refractivity contribution in [1.29, 1.82) is 0 Å². The first-order chi connectivity index (χ1) is 15.7. The van der Waals surface area contributed by atoms with Gasteiger partial charge in [-0.2, -0.15) is 0 Å². The van der Waals surface area contributed by atoms with Crippen molar-refractivity contribution >= 4 is 64.1 Å². The molecule has 15 heteroatoms. The molecule has 174 valence electrons. The molecular weight excluding hydrogens is 492 g/mol. The molecule has 3 amide bonds. The van der Waals surface area contributed by atoms with Gasteiger partial charge in [0.25, 0.3) is 5.69 Å². The Labute approximate surface area is 199 Å². The Morgan fingerprint density at radius 1 is 1.36 bits per heavy atom. The minimum Gasteiger partial charge on any atom is -0.481 e. The summed E-state index contributed by atoms with van der Waals surface area (Å²) < 4.78 is 0.678. The number of rotatable bonds is 7. The molecule has 3 heterocycles. The number of nitrogens with zero attached hydrogens (tertiary/aromatic N) is 4. The highest BCUT2D eigenvalue weighted by Gasteiger charge is 2.57. The number of urea groups is 1. The molecule has 0 aliphatic carbocycles. The number of benzene rings is 1. The zero-order valence-electron chi connectivity index (χ0n) is 17.1. The monoisotopic (exact) mass is 510 g/mol. The number of β-lactam (4-membered cyclic amide) rings is 1. The number of carboxylic acids is 1. The molecule has 2 saturated heterocycles. The lowest BCUT2D eigenvalue weighted by Crippen LogP contribution is -2.74. The highest BCUT2D eigenvalue weighted by atomic mass is 32.2. The maximum absolute atomic E-state index is 12.7. The van der Waals surface area contributed by atoms with Crippen molar-refractivity contribution < 1.29 is 24.4 Å². The number of amides is 3. The summed E-state index contributed by atoms with van der Waals surface area (Å²) in [7, 11) is 0. The maximum Gasteiger partial charge on any atom is 0.319 e. The van der Waals surface area contributed by atoms with Crippen LogP contribution in [0.15, 0.2) is 28.6 Å². The molecule has 1 aromatic heterocycles. The molecule has 4 rings (SSSR count). The molecule has 1 aromatic carbocycles. The molecule has 2 aromatic rings. The van der Waals surface area contributed by atoms with Crippen molar-refractivity contribution in [2.24, 2.45) is 5.41 Å². The van der Waals surface area contributed by atoms with E-state index in [1.54, 1.807) is 0 Å². The summed E-state index contributed by atoms with van der Waals surface area (Å²) in [5.74, 6) is -0.807. The number of thioether (sulfide) groups is 2. The lowest BCUT2D eigenvalue weighted by Gasteiger charge is -2.53. The quantitative estimate of drug-likeness (QED) is 0.217. The van der Waals surface area contributed by atoms with Gasteiger partial charge in [-0.25, -0.2) is 4.79 Å². The Kier molecular flexibility index (Phi) is 6.45. The fraction of sp³-hybridized carbons (Fsp3) is 0.389. The van der Waals surface area contributed by atoms with Gasteiger partial charge in [0.1, 0.15) is 21.8 Å². The second-order valence-corrected chi connectivity index (χ2v) is 11.0. The summed E-state index contributed by atoms with van der Waals surface area (Å²) in [5, 5.41) is 34.1. The van der Waals surface area contributed by atoms with Gasteiger partial charge in [-0.05, 0) is 19.1 Å². The molecule has 0 radical (unpaired) electrons. The van der Waals surface area contributed by atoms with Crippen LogP contribution in [0.2, 0.25) is 0 Å². The van der Waals surface area contributed by atoms with E-state index < -0.39 is 28.4 Å². The third kappa shape index (κ3) is 4.74. The predicted octanol–water partition coefficient (Wildman–Crippen LogP) is 2.02. The summed E-state index contributed by atoms with van der Waals surface area (Å²) in [6.45, 7) is 1.87. The largest absolute Gasteiger partial charge is 0.481 e. The summed E-state index contributed by atoms with van der Waals surface area (Å²) in [5.41, 5.74) is -0.898. The average molecular weight is 511 g/mol. The number of nitrogens with one attached hydrogen (secondary N) is 2. The van der Waals surface area contributed by atoms with E-state index in [0.29, 0.717) is 10.0 Å². The number of anilines is 1. The topological polar surface area (TPSA) is 168 Å². The minimum absolute atomic E-state index is 0.0474. The van der Waals surface area contributed by atoms with E-state index in [4.69, 9.17) is 0 Å². The van der Waals surface area contributed by atoms with Crippen LogP contribution in [0, 0.1) is 22.5 Å². The lowest BCUT2D eigenvalue weighted by molar-refractivity contribution is -0.384. The van der Waals surface area contributed by atoms with Crippen LogP contribution in [-0.2, 0) is 9.59 Å². The van der Waals surface area contributed by atoms with Gasteiger partial charge in [-0.15, -0.1) is 22.0 Å². The number of carbonyl (C=O) groups excluding carboxylic acids is 2. The van der Waals surface area contributed by atoms with Crippen LogP contribution in [-0.4, -0.2) is 72.5 Å². The molecule has 2 aliphatic heterocycles. The van der Waals surface area contributed by atoms with Crippen molar-refractivity contribution in [1.82, 2.24) is 20.4 Å². The summed E-state index contributed by atoms with van der Waals surface area (Å²) in [6.07, 6.45) is 0. The van der Waals surface area contributed by atoms with Gasteiger partial charge in [-0.3, -0.25) is 19.7 Å². The van der Waals surface area contributed by atoms with Crippen LogP contribution >= 0.6 is 34.9 Å². The predicted molar refractivity (Wildman–Crippen MR) is 122 cm³/mol. The number of aromatic nitrogens is 2. The number of non-ortho nitro benzene ring substituents is 1. The number of aliphatic carboxylic acids is 1. The Morgan fingerprint density at radius 3 is 2.70 bits per heavy atom. The smallest absolute Gasteiger partial charge is 0.319 e. The van der Waals surface area contributed by atoms with Gasteiger partial charge in [0.05, 0.1) is 4.92 Å². The Hall–Kier alpha value is -2.91. The first kappa shape index (κ1) is 23.3. The standard InChI is InChI=1S/C18H18N6O6S3/c1-9-21-22-17(33-9)32-8-18(15(26)27)6-23-13(25)12(14(23)31-7-18)20-16(28)19-10-2-4-11(5-3-10)24(29)30/h2-5,12,14H,6-8H2,1H3,(H,26,27)(H2,19,20,28)/t12?,14-,18?/m1/s1. The summed E-state index contributed by atoms with van der Waals surface area (Å²) in [6, 6.07) is 3.89. The van der Waals surface area contributed by atoms with Crippen molar-refractivity contribution in [2.45, 2.75) is 22.7 Å². The van der Waals surface area contributed by atoms with Crippen LogP contribution in [0.1, 0.15) is 5.01 Å². The molecular formula is C18H18N6O6S3.